The van der Waals surface area contributed by atoms with Gasteiger partial charge in [-0.25, -0.2) is 4.98 Å². The summed E-state index contributed by atoms with van der Waals surface area (Å²) in [5.74, 6) is 0.758. The van der Waals surface area contributed by atoms with E-state index in [2.05, 4.69) is 4.98 Å². The zero-order valence-corrected chi connectivity index (χ0v) is 8.04. The number of hydrogen-bond donors (Lipinski definition) is 1. The van der Waals surface area contributed by atoms with E-state index in [1.54, 1.807) is 22.7 Å². The molecule has 2 nitrogen and oxygen atoms in total. The summed E-state index contributed by atoms with van der Waals surface area (Å²) in [5.41, 5.74) is 6.69. The lowest BCUT2D eigenvalue weighted by Crippen LogP contribution is -1.76. The molecule has 1 aliphatic carbocycles. The third kappa shape index (κ3) is 0.881. The molecule has 0 saturated heterocycles. The predicted octanol–water partition coefficient (Wildman–Crippen LogP) is 2.82. The number of hydrogen-bond acceptors (Lipinski definition) is 4. The van der Waals surface area contributed by atoms with E-state index in [1.807, 2.05) is 5.38 Å². The lowest BCUT2D eigenvalue weighted by molar-refractivity contribution is 1.10. The molecule has 0 amide bonds. The Morgan fingerprint density at radius 1 is 1.50 bits per heavy atom. The zero-order chi connectivity index (χ0) is 8.13. The SMILES string of the molecule is Nc1csc2nc(C3CC3)sc12. The number of nitrogens with zero attached hydrogens (tertiary/aromatic N) is 1. The van der Waals surface area contributed by atoms with Crippen LogP contribution >= 0.6 is 22.7 Å². The molecule has 0 atom stereocenters. The molecule has 2 aromatic heterocycles. The molecule has 0 unspecified atom stereocenters. The standard InChI is InChI=1S/C8H8N2S2/c9-5-3-11-8-6(5)12-7(10-8)4-1-2-4/h3-4H,1-2,9H2. The first-order chi connectivity index (χ1) is 5.84. The summed E-state index contributed by atoms with van der Waals surface area (Å²) in [6.07, 6.45) is 2.64. The zero-order valence-electron chi connectivity index (χ0n) is 6.41. The van der Waals surface area contributed by atoms with Crippen LogP contribution in [0.4, 0.5) is 5.69 Å². The minimum Gasteiger partial charge on any atom is -0.397 e. The van der Waals surface area contributed by atoms with E-state index >= 15 is 0 Å². The Kier molecular flexibility index (Phi) is 1.26. The van der Waals surface area contributed by atoms with Gasteiger partial charge in [0.1, 0.15) is 4.83 Å². The van der Waals surface area contributed by atoms with Gasteiger partial charge in [-0.05, 0) is 12.8 Å². The molecule has 1 aliphatic rings. The van der Waals surface area contributed by atoms with Gasteiger partial charge < -0.3 is 5.73 Å². The first-order valence-electron chi connectivity index (χ1n) is 3.98. The Morgan fingerprint density at radius 2 is 2.33 bits per heavy atom. The molecule has 0 spiro atoms. The van der Waals surface area contributed by atoms with Crippen LogP contribution in [0.2, 0.25) is 0 Å². The van der Waals surface area contributed by atoms with E-state index in [9.17, 15) is 0 Å². The van der Waals surface area contributed by atoms with Crippen molar-refractivity contribution in [3.63, 3.8) is 0 Å². The molecule has 62 valence electrons. The number of thiophene rings is 1. The van der Waals surface area contributed by atoms with Crippen molar-refractivity contribution in [2.24, 2.45) is 0 Å². The summed E-state index contributed by atoms with van der Waals surface area (Å²) in [7, 11) is 0. The Morgan fingerprint density at radius 3 is 3.00 bits per heavy atom. The van der Waals surface area contributed by atoms with Crippen molar-refractivity contribution in [1.29, 1.82) is 0 Å². The quantitative estimate of drug-likeness (QED) is 0.761. The average molecular weight is 196 g/mol. The number of nitrogen functional groups attached to an aromatic ring is 1. The van der Waals surface area contributed by atoms with Crippen molar-refractivity contribution < 1.29 is 0 Å². The maximum Gasteiger partial charge on any atom is 0.136 e. The molecule has 2 N–H and O–H groups in total. The molecule has 1 saturated carbocycles. The lowest BCUT2D eigenvalue weighted by Gasteiger charge is -1.83. The number of aromatic nitrogens is 1. The highest BCUT2D eigenvalue weighted by Crippen LogP contribution is 2.45. The van der Waals surface area contributed by atoms with Gasteiger partial charge in [-0.3, -0.25) is 0 Å². The third-order valence-corrected chi connectivity index (χ3v) is 4.39. The highest BCUT2D eigenvalue weighted by atomic mass is 32.1. The molecule has 1 fully saturated rings. The van der Waals surface area contributed by atoms with Crippen LogP contribution in [0.1, 0.15) is 23.8 Å². The maximum absolute atomic E-state index is 5.79. The monoisotopic (exact) mass is 196 g/mol. The molecule has 0 radical (unpaired) electrons. The molecular formula is C8H8N2S2. The Balaban J connectivity index is 2.23. The minimum absolute atomic E-state index is 0.758. The Hall–Kier alpha value is -0.610. The van der Waals surface area contributed by atoms with E-state index in [-0.39, 0.29) is 0 Å². The van der Waals surface area contributed by atoms with Gasteiger partial charge in [-0.2, -0.15) is 0 Å². The molecule has 3 rings (SSSR count). The highest BCUT2D eigenvalue weighted by molar-refractivity contribution is 7.27. The van der Waals surface area contributed by atoms with Crippen LogP contribution in [0.5, 0.6) is 0 Å². The van der Waals surface area contributed by atoms with Crippen LogP contribution in [0.15, 0.2) is 5.38 Å². The van der Waals surface area contributed by atoms with Gasteiger partial charge in [0, 0.05) is 11.3 Å². The fourth-order valence-corrected chi connectivity index (χ4v) is 3.45. The largest absolute Gasteiger partial charge is 0.397 e. The molecule has 0 bridgehead atoms. The van der Waals surface area contributed by atoms with Gasteiger partial charge in [-0.15, -0.1) is 22.7 Å². The van der Waals surface area contributed by atoms with Crippen molar-refractivity contribution in [2.45, 2.75) is 18.8 Å². The van der Waals surface area contributed by atoms with Crippen molar-refractivity contribution in [1.82, 2.24) is 4.98 Å². The van der Waals surface area contributed by atoms with Crippen LogP contribution in [0, 0.1) is 0 Å². The van der Waals surface area contributed by atoms with E-state index in [0.717, 1.165) is 16.4 Å². The Labute approximate surface area is 78.0 Å². The molecule has 4 heteroatoms. The van der Waals surface area contributed by atoms with E-state index in [0.29, 0.717) is 0 Å². The molecular weight excluding hydrogens is 188 g/mol. The van der Waals surface area contributed by atoms with Crippen molar-refractivity contribution in [2.75, 3.05) is 5.73 Å². The Bertz CT molecular complexity index is 425. The van der Waals surface area contributed by atoms with E-state index < -0.39 is 0 Å². The lowest BCUT2D eigenvalue weighted by atomic mass is 10.5. The molecule has 2 aromatic rings. The van der Waals surface area contributed by atoms with Crippen LogP contribution in [-0.2, 0) is 0 Å². The van der Waals surface area contributed by atoms with Gasteiger partial charge >= 0.3 is 0 Å². The smallest absolute Gasteiger partial charge is 0.136 e. The highest BCUT2D eigenvalue weighted by Gasteiger charge is 2.27. The number of anilines is 1. The predicted molar refractivity (Wildman–Crippen MR) is 53.9 cm³/mol. The van der Waals surface area contributed by atoms with Gasteiger partial charge in [0.05, 0.1) is 15.4 Å². The van der Waals surface area contributed by atoms with Gasteiger partial charge in [0.2, 0.25) is 0 Å². The number of thiazole rings is 1. The summed E-state index contributed by atoms with van der Waals surface area (Å²) in [6.45, 7) is 0. The summed E-state index contributed by atoms with van der Waals surface area (Å²) >= 11 is 3.43. The normalized spacial score (nSPS) is 17.3. The van der Waals surface area contributed by atoms with Crippen molar-refractivity contribution in [3.8, 4) is 0 Å². The minimum atomic E-state index is 0.758. The first-order valence-corrected chi connectivity index (χ1v) is 5.67. The van der Waals surface area contributed by atoms with Crippen LogP contribution in [-0.4, -0.2) is 4.98 Å². The number of fused-ring (bicyclic) bond motifs is 1. The van der Waals surface area contributed by atoms with Crippen molar-refractivity contribution >= 4 is 37.9 Å². The van der Waals surface area contributed by atoms with Gasteiger partial charge in [0.15, 0.2) is 0 Å². The average Bonchev–Trinajstić information content (AvgIpc) is 2.73. The molecule has 0 aromatic carbocycles. The topological polar surface area (TPSA) is 38.9 Å². The second-order valence-corrected chi connectivity index (χ2v) is 5.04. The van der Waals surface area contributed by atoms with E-state index in [4.69, 9.17) is 5.73 Å². The number of rotatable bonds is 1. The van der Waals surface area contributed by atoms with Gasteiger partial charge in [0.25, 0.3) is 0 Å². The molecule has 2 heterocycles. The fourth-order valence-electron chi connectivity index (χ4n) is 1.26. The van der Waals surface area contributed by atoms with Crippen LogP contribution < -0.4 is 5.73 Å². The number of nitrogens with two attached hydrogens (primary N) is 1. The fraction of sp³-hybridized carbons (Fsp3) is 0.375. The first kappa shape index (κ1) is 6.86. The third-order valence-electron chi connectivity index (χ3n) is 2.10. The summed E-state index contributed by atoms with van der Waals surface area (Å²) in [5, 5.41) is 3.27. The van der Waals surface area contributed by atoms with Crippen molar-refractivity contribution in [3.05, 3.63) is 10.4 Å². The second-order valence-electron chi connectivity index (χ2n) is 3.15. The summed E-state index contributed by atoms with van der Waals surface area (Å²) in [6, 6.07) is 0. The van der Waals surface area contributed by atoms with Gasteiger partial charge in [-0.1, -0.05) is 0 Å². The second kappa shape index (κ2) is 2.20. The molecule has 12 heavy (non-hydrogen) atoms. The summed E-state index contributed by atoms with van der Waals surface area (Å²) in [4.78, 5) is 5.68. The summed E-state index contributed by atoms with van der Waals surface area (Å²) < 4.78 is 1.20. The van der Waals surface area contributed by atoms with Crippen LogP contribution in [0.3, 0.4) is 0 Å². The van der Waals surface area contributed by atoms with Crippen LogP contribution in [0.25, 0.3) is 9.53 Å². The molecule has 0 aliphatic heterocycles. The van der Waals surface area contributed by atoms with E-state index in [1.165, 1.54) is 22.5 Å². The maximum atomic E-state index is 5.79.